The van der Waals surface area contributed by atoms with Crippen LogP contribution >= 0.6 is 0 Å². The lowest BCUT2D eigenvalue weighted by Gasteiger charge is -2.48. The van der Waals surface area contributed by atoms with E-state index in [0.717, 1.165) is 6.04 Å². The summed E-state index contributed by atoms with van der Waals surface area (Å²) < 4.78 is 0. The van der Waals surface area contributed by atoms with Gasteiger partial charge in [-0.05, 0) is 58.0 Å². The normalized spacial score (nSPS) is 28.2. The van der Waals surface area contributed by atoms with E-state index in [1.54, 1.807) is 0 Å². The van der Waals surface area contributed by atoms with Crippen LogP contribution in [0.5, 0.6) is 0 Å². The van der Waals surface area contributed by atoms with Crippen molar-refractivity contribution in [3.8, 4) is 0 Å². The highest BCUT2D eigenvalue weighted by Crippen LogP contribution is 2.28. The minimum absolute atomic E-state index is 0.423. The number of anilines is 1. The molecular formula is C18H29N3. The second-order valence-electron chi connectivity index (χ2n) is 6.75. The van der Waals surface area contributed by atoms with Crippen LogP contribution in [-0.2, 0) is 0 Å². The smallest absolute Gasteiger partial charge is 0.0389 e. The maximum Gasteiger partial charge on any atom is 0.0389 e. The van der Waals surface area contributed by atoms with Crippen LogP contribution in [-0.4, -0.2) is 43.7 Å². The van der Waals surface area contributed by atoms with E-state index in [1.165, 1.54) is 50.1 Å². The molecule has 21 heavy (non-hydrogen) atoms. The molecule has 3 heteroatoms. The van der Waals surface area contributed by atoms with Gasteiger partial charge in [-0.15, -0.1) is 0 Å². The van der Waals surface area contributed by atoms with Gasteiger partial charge in [-0.2, -0.15) is 0 Å². The molecule has 0 radical (unpaired) electrons. The second-order valence-corrected chi connectivity index (χ2v) is 6.75. The van der Waals surface area contributed by atoms with Gasteiger partial charge in [0.05, 0.1) is 0 Å². The highest BCUT2D eigenvalue weighted by Gasteiger charge is 2.32. The molecule has 1 aromatic carbocycles. The molecule has 3 rings (SSSR count). The van der Waals surface area contributed by atoms with Gasteiger partial charge in [-0.3, -0.25) is 4.90 Å². The van der Waals surface area contributed by atoms with Crippen LogP contribution in [0.1, 0.15) is 44.7 Å². The first kappa shape index (κ1) is 14.9. The summed E-state index contributed by atoms with van der Waals surface area (Å²) in [6.07, 6.45) is 4.17. The Balaban J connectivity index is 1.73. The molecule has 0 aromatic heterocycles. The summed E-state index contributed by atoms with van der Waals surface area (Å²) in [6, 6.07) is 11.0. The Kier molecular flexibility index (Phi) is 4.51. The molecule has 2 aliphatic rings. The molecule has 116 valence electrons. The number of hydrogen-bond donors (Lipinski definition) is 1. The molecule has 0 bridgehead atoms. The molecule has 0 spiro atoms. The number of piperazine rings is 1. The van der Waals surface area contributed by atoms with Gasteiger partial charge in [0.2, 0.25) is 0 Å². The largest absolute Gasteiger partial charge is 0.366 e. The van der Waals surface area contributed by atoms with Crippen LogP contribution in [0.3, 0.4) is 0 Å². The Hall–Kier alpha value is -1.06. The van der Waals surface area contributed by atoms with E-state index in [0.29, 0.717) is 12.1 Å². The molecular weight excluding hydrogens is 258 g/mol. The maximum atomic E-state index is 3.31. The van der Waals surface area contributed by atoms with E-state index >= 15 is 0 Å². The van der Waals surface area contributed by atoms with Crippen molar-refractivity contribution in [1.29, 1.82) is 0 Å². The summed E-state index contributed by atoms with van der Waals surface area (Å²) >= 11 is 0. The quantitative estimate of drug-likeness (QED) is 0.922. The highest BCUT2D eigenvalue weighted by atomic mass is 15.3. The molecule has 2 heterocycles. The minimum atomic E-state index is 0.423. The SMILES string of the molecule is CNC(C)c1ccc(N2CC3CCCCN3CC2C)cc1. The molecule has 3 nitrogen and oxygen atoms in total. The van der Waals surface area contributed by atoms with E-state index in [2.05, 4.69) is 53.2 Å². The minimum Gasteiger partial charge on any atom is -0.366 e. The van der Waals surface area contributed by atoms with Gasteiger partial charge in [-0.1, -0.05) is 18.6 Å². The molecule has 2 fully saturated rings. The van der Waals surface area contributed by atoms with Crippen molar-refractivity contribution < 1.29 is 0 Å². The fourth-order valence-corrected chi connectivity index (χ4v) is 3.83. The first-order valence-electron chi connectivity index (χ1n) is 8.47. The van der Waals surface area contributed by atoms with Crippen LogP contribution in [0.15, 0.2) is 24.3 Å². The standard InChI is InChI=1S/C18H29N3/c1-14-12-20-11-5-4-6-18(20)13-21(14)17-9-7-16(8-10-17)15(2)19-3/h7-10,14-15,18-19H,4-6,11-13H2,1-3H3. The molecule has 1 N–H and O–H groups in total. The average molecular weight is 287 g/mol. The fourth-order valence-electron chi connectivity index (χ4n) is 3.83. The first-order valence-corrected chi connectivity index (χ1v) is 8.47. The Morgan fingerprint density at radius 1 is 1.14 bits per heavy atom. The van der Waals surface area contributed by atoms with Crippen LogP contribution in [0.4, 0.5) is 5.69 Å². The molecule has 2 aliphatic heterocycles. The van der Waals surface area contributed by atoms with Gasteiger partial charge in [-0.25, -0.2) is 0 Å². The van der Waals surface area contributed by atoms with Crippen LogP contribution in [0, 0.1) is 0 Å². The number of fused-ring (bicyclic) bond motifs is 1. The van der Waals surface area contributed by atoms with Crippen molar-refractivity contribution in [3.05, 3.63) is 29.8 Å². The van der Waals surface area contributed by atoms with Crippen molar-refractivity contribution in [1.82, 2.24) is 10.2 Å². The molecule has 0 saturated carbocycles. The number of hydrogen-bond acceptors (Lipinski definition) is 3. The molecule has 3 atom stereocenters. The average Bonchev–Trinajstić information content (AvgIpc) is 2.53. The number of piperidine rings is 1. The van der Waals surface area contributed by atoms with E-state index in [9.17, 15) is 0 Å². The van der Waals surface area contributed by atoms with E-state index in [1.807, 2.05) is 7.05 Å². The molecule has 0 aliphatic carbocycles. The van der Waals surface area contributed by atoms with Gasteiger partial charge >= 0.3 is 0 Å². The van der Waals surface area contributed by atoms with Gasteiger partial charge in [0.15, 0.2) is 0 Å². The lowest BCUT2D eigenvalue weighted by atomic mass is 9.96. The van der Waals surface area contributed by atoms with Crippen molar-refractivity contribution >= 4 is 5.69 Å². The second kappa shape index (κ2) is 6.37. The topological polar surface area (TPSA) is 18.5 Å². The van der Waals surface area contributed by atoms with Crippen LogP contribution in [0.25, 0.3) is 0 Å². The van der Waals surface area contributed by atoms with E-state index in [4.69, 9.17) is 0 Å². The molecule has 1 aromatic rings. The number of benzene rings is 1. The zero-order chi connectivity index (χ0) is 14.8. The predicted molar refractivity (Wildman–Crippen MR) is 89.9 cm³/mol. The third kappa shape index (κ3) is 3.09. The predicted octanol–water partition coefficient (Wildman–Crippen LogP) is 3.03. The number of rotatable bonds is 3. The lowest BCUT2D eigenvalue weighted by Crippen LogP contribution is -2.58. The number of nitrogens with zero attached hydrogens (tertiary/aromatic N) is 2. The Bertz CT molecular complexity index is 456. The van der Waals surface area contributed by atoms with Crippen LogP contribution in [0.2, 0.25) is 0 Å². The van der Waals surface area contributed by atoms with Gasteiger partial charge in [0, 0.05) is 36.9 Å². The Morgan fingerprint density at radius 2 is 1.90 bits per heavy atom. The third-order valence-corrected chi connectivity index (χ3v) is 5.35. The summed E-state index contributed by atoms with van der Waals surface area (Å²) in [5.41, 5.74) is 2.75. The number of nitrogens with one attached hydrogen (secondary N) is 1. The van der Waals surface area contributed by atoms with Crippen molar-refractivity contribution in [2.45, 2.75) is 51.2 Å². The summed E-state index contributed by atoms with van der Waals surface area (Å²) in [5.74, 6) is 0. The van der Waals surface area contributed by atoms with Crippen molar-refractivity contribution in [2.24, 2.45) is 0 Å². The zero-order valence-electron chi connectivity index (χ0n) is 13.7. The molecule has 3 unspecified atom stereocenters. The van der Waals surface area contributed by atoms with E-state index < -0.39 is 0 Å². The molecule has 0 amide bonds. The monoisotopic (exact) mass is 287 g/mol. The Morgan fingerprint density at radius 3 is 2.62 bits per heavy atom. The summed E-state index contributed by atoms with van der Waals surface area (Å²) in [4.78, 5) is 5.32. The molecule has 2 saturated heterocycles. The summed E-state index contributed by atoms with van der Waals surface area (Å²) in [7, 11) is 2.02. The van der Waals surface area contributed by atoms with Crippen LogP contribution < -0.4 is 10.2 Å². The van der Waals surface area contributed by atoms with Gasteiger partial charge in [0.1, 0.15) is 0 Å². The first-order chi connectivity index (χ1) is 10.2. The van der Waals surface area contributed by atoms with Crippen molar-refractivity contribution in [2.75, 3.05) is 31.6 Å². The van der Waals surface area contributed by atoms with Gasteiger partial charge in [0.25, 0.3) is 0 Å². The maximum absolute atomic E-state index is 3.31. The zero-order valence-corrected chi connectivity index (χ0v) is 13.7. The van der Waals surface area contributed by atoms with Crippen molar-refractivity contribution in [3.63, 3.8) is 0 Å². The summed E-state index contributed by atoms with van der Waals surface area (Å²) in [6.45, 7) is 8.30. The fraction of sp³-hybridized carbons (Fsp3) is 0.667. The van der Waals surface area contributed by atoms with Gasteiger partial charge < -0.3 is 10.2 Å². The van der Waals surface area contributed by atoms with E-state index in [-0.39, 0.29) is 0 Å². The Labute approximate surface area is 129 Å². The lowest BCUT2D eigenvalue weighted by molar-refractivity contribution is 0.115. The third-order valence-electron chi connectivity index (χ3n) is 5.35. The highest BCUT2D eigenvalue weighted by molar-refractivity contribution is 5.49. The summed E-state index contributed by atoms with van der Waals surface area (Å²) in [5, 5.41) is 3.31.